The van der Waals surface area contributed by atoms with Crippen LogP contribution in [0.4, 0.5) is 17.6 Å². The van der Waals surface area contributed by atoms with Crippen LogP contribution in [0.25, 0.3) is 5.69 Å². The summed E-state index contributed by atoms with van der Waals surface area (Å²) in [4.78, 5) is 24.7. The van der Waals surface area contributed by atoms with Crippen molar-refractivity contribution in [2.75, 3.05) is 0 Å². The van der Waals surface area contributed by atoms with E-state index < -0.39 is 40.4 Å². The number of aromatic amines is 1. The van der Waals surface area contributed by atoms with Crippen molar-refractivity contribution in [2.45, 2.75) is 6.18 Å². The first-order valence-electron chi connectivity index (χ1n) is 5.23. The van der Waals surface area contributed by atoms with E-state index in [1.165, 1.54) is 4.98 Å². The van der Waals surface area contributed by atoms with Crippen LogP contribution in [0.1, 0.15) is 5.69 Å². The smallest absolute Gasteiger partial charge is 0.431 e. The van der Waals surface area contributed by atoms with Crippen LogP contribution in [0, 0.1) is 5.82 Å². The minimum atomic E-state index is -4.92. The van der Waals surface area contributed by atoms with Crippen LogP contribution >= 0.6 is 15.9 Å². The fourth-order valence-corrected chi connectivity index (χ4v) is 1.89. The summed E-state index contributed by atoms with van der Waals surface area (Å²) in [6, 6.07) is 1.64. The molecule has 0 radical (unpaired) electrons. The molecule has 1 heterocycles. The molecule has 0 saturated carbocycles. The summed E-state index contributed by atoms with van der Waals surface area (Å²) in [5, 5.41) is 9.43. The molecule has 0 saturated heterocycles. The summed E-state index contributed by atoms with van der Waals surface area (Å²) in [5.74, 6) is -1.57. The van der Waals surface area contributed by atoms with Gasteiger partial charge in [-0.05, 0) is 22.0 Å². The topological polar surface area (TPSA) is 75.1 Å². The Kier molecular flexibility index (Phi) is 3.66. The first-order valence-corrected chi connectivity index (χ1v) is 6.02. The van der Waals surface area contributed by atoms with Gasteiger partial charge in [-0.25, -0.2) is 13.8 Å². The molecule has 0 bridgehead atoms. The van der Waals surface area contributed by atoms with Crippen LogP contribution in [0.15, 0.2) is 32.3 Å². The minimum Gasteiger partial charge on any atom is -0.507 e. The lowest BCUT2D eigenvalue weighted by Crippen LogP contribution is -2.36. The summed E-state index contributed by atoms with van der Waals surface area (Å²) in [5.41, 5.74) is -5.08. The van der Waals surface area contributed by atoms with Gasteiger partial charge in [-0.2, -0.15) is 13.2 Å². The van der Waals surface area contributed by atoms with Gasteiger partial charge in [0.25, 0.3) is 5.56 Å². The van der Waals surface area contributed by atoms with Crippen molar-refractivity contribution in [3.63, 3.8) is 0 Å². The zero-order valence-electron chi connectivity index (χ0n) is 9.83. The number of halogens is 5. The lowest BCUT2D eigenvalue weighted by atomic mass is 10.2. The maximum atomic E-state index is 13.7. The number of nitrogens with zero attached hydrogens (tertiary/aromatic N) is 1. The van der Waals surface area contributed by atoms with E-state index in [2.05, 4.69) is 15.9 Å². The van der Waals surface area contributed by atoms with Gasteiger partial charge in [0.2, 0.25) is 0 Å². The molecule has 0 aliphatic rings. The molecule has 2 rings (SSSR count). The van der Waals surface area contributed by atoms with Gasteiger partial charge < -0.3 is 10.1 Å². The van der Waals surface area contributed by atoms with Crippen molar-refractivity contribution in [3.05, 3.63) is 55.0 Å². The molecule has 0 aliphatic carbocycles. The molecular weight excluding hydrogens is 364 g/mol. The maximum absolute atomic E-state index is 13.7. The average Bonchev–Trinajstić information content (AvgIpc) is 2.33. The van der Waals surface area contributed by atoms with E-state index in [1.54, 1.807) is 0 Å². The number of phenolic OH excluding ortho intramolecular Hbond substituents is 1. The van der Waals surface area contributed by atoms with Crippen molar-refractivity contribution in [3.8, 4) is 11.4 Å². The van der Waals surface area contributed by atoms with Crippen molar-refractivity contribution >= 4 is 15.9 Å². The van der Waals surface area contributed by atoms with E-state index in [9.17, 15) is 32.3 Å². The summed E-state index contributed by atoms with van der Waals surface area (Å²) in [7, 11) is 0. The van der Waals surface area contributed by atoms with E-state index in [0.29, 0.717) is 0 Å². The molecular formula is C11H5BrF4N2O3. The lowest BCUT2D eigenvalue weighted by molar-refractivity contribution is -0.141. The quantitative estimate of drug-likeness (QED) is 0.757. The molecule has 0 amide bonds. The third-order valence-corrected chi connectivity index (χ3v) is 3.13. The van der Waals surface area contributed by atoms with Crippen LogP contribution in [0.2, 0.25) is 0 Å². The highest BCUT2D eigenvalue weighted by atomic mass is 79.9. The number of nitrogens with one attached hydrogen (secondary N) is 1. The van der Waals surface area contributed by atoms with Crippen molar-refractivity contribution in [1.82, 2.24) is 9.55 Å². The summed E-state index contributed by atoms with van der Waals surface area (Å²) in [6.07, 6.45) is -4.92. The maximum Gasteiger partial charge on any atom is 0.431 e. The second kappa shape index (κ2) is 5.02. The molecule has 112 valence electrons. The Morgan fingerprint density at radius 1 is 1.19 bits per heavy atom. The first kappa shape index (κ1) is 15.3. The van der Waals surface area contributed by atoms with E-state index in [-0.39, 0.29) is 15.1 Å². The highest BCUT2D eigenvalue weighted by Crippen LogP contribution is 2.28. The number of aromatic nitrogens is 2. The Hall–Kier alpha value is -2.10. The Bertz CT molecular complexity index is 794. The Morgan fingerprint density at radius 3 is 2.33 bits per heavy atom. The third kappa shape index (κ3) is 2.84. The zero-order chi connectivity index (χ0) is 15.9. The molecule has 21 heavy (non-hydrogen) atoms. The largest absolute Gasteiger partial charge is 0.507 e. The molecule has 0 spiro atoms. The van der Waals surface area contributed by atoms with Gasteiger partial charge in [0, 0.05) is 12.1 Å². The van der Waals surface area contributed by atoms with Crippen LogP contribution in [0.5, 0.6) is 5.75 Å². The molecule has 1 aromatic carbocycles. The van der Waals surface area contributed by atoms with E-state index in [4.69, 9.17) is 0 Å². The summed E-state index contributed by atoms with van der Waals surface area (Å²) < 4.78 is 51.2. The predicted molar refractivity (Wildman–Crippen MR) is 67.0 cm³/mol. The van der Waals surface area contributed by atoms with Crippen molar-refractivity contribution in [2.24, 2.45) is 0 Å². The standard InChI is InChI=1S/C11H5BrF4N2O3/c12-4-1-5(13)6(2-7(4)19)18-9(20)3-8(11(14,15)16)17-10(18)21/h1-3,19H,(H,17,21). The van der Waals surface area contributed by atoms with Gasteiger partial charge in [-0.15, -0.1) is 0 Å². The Balaban J connectivity index is 2.75. The zero-order valence-corrected chi connectivity index (χ0v) is 11.4. The van der Waals surface area contributed by atoms with Gasteiger partial charge in [0.15, 0.2) is 0 Å². The Labute approximate surface area is 121 Å². The lowest BCUT2D eigenvalue weighted by Gasteiger charge is -2.10. The molecule has 10 heteroatoms. The number of aromatic hydroxyl groups is 1. The number of phenols is 1. The minimum absolute atomic E-state index is 0.0415. The van der Waals surface area contributed by atoms with Gasteiger partial charge in [0.1, 0.15) is 17.3 Å². The molecule has 0 aliphatic heterocycles. The number of alkyl halides is 3. The summed E-state index contributed by atoms with van der Waals surface area (Å²) >= 11 is 2.82. The molecule has 2 N–H and O–H groups in total. The number of benzene rings is 1. The van der Waals surface area contributed by atoms with E-state index >= 15 is 0 Å². The monoisotopic (exact) mass is 368 g/mol. The highest BCUT2D eigenvalue weighted by molar-refractivity contribution is 9.10. The van der Waals surface area contributed by atoms with Gasteiger partial charge in [-0.1, -0.05) is 0 Å². The predicted octanol–water partition coefficient (Wildman–Crippen LogP) is 2.15. The van der Waals surface area contributed by atoms with Crippen molar-refractivity contribution < 1.29 is 22.7 Å². The average molecular weight is 369 g/mol. The number of hydrogen-bond donors (Lipinski definition) is 2. The molecule has 5 nitrogen and oxygen atoms in total. The number of hydrogen-bond acceptors (Lipinski definition) is 3. The number of rotatable bonds is 1. The summed E-state index contributed by atoms with van der Waals surface area (Å²) in [6.45, 7) is 0. The second-order valence-electron chi connectivity index (χ2n) is 3.91. The number of H-pyrrole nitrogens is 1. The molecule has 1 aromatic heterocycles. The Morgan fingerprint density at radius 2 is 1.81 bits per heavy atom. The van der Waals surface area contributed by atoms with Crippen LogP contribution in [0.3, 0.4) is 0 Å². The highest BCUT2D eigenvalue weighted by Gasteiger charge is 2.33. The second-order valence-corrected chi connectivity index (χ2v) is 4.77. The fourth-order valence-electron chi connectivity index (χ4n) is 1.57. The van der Waals surface area contributed by atoms with E-state index in [0.717, 1.165) is 12.1 Å². The van der Waals surface area contributed by atoms with Gasteiger partial charge >= 0.3 is 11.9 Å². The van der Waals surface area contributed by atoms with Gasteiger partial charge in [0.05, 0.1) is 10.2 Å². The van der Waals surface area contributed by atoms with Crippen molar-refractivity contribution in [1.29, 1.82) is 0 Å². The van der Waals surface area contributed by atoms with E-state index in [1.807, 2.05) is 0 Å². The van der Waals surface area contributed by atoms with Crippen LogP contribution < -0.4 is 11.2 Å². The SMILES string of the molecule is O=c1cc(C(F)(F)F)[nH]c(=O)n1-c1cc(O)c(Br)cc1F. The molecule has 2 aromatic rings. The third-order valence-electron chi connectivity index (χ3n) is 2.50. The molecule has 0 fully saturated rings. The van der Waals surface area contributed by atoms with Crippen LogP contribution in [-0.2, 0) is 6.18 Å². The molecule has 0 atom stereocenters. The first-order chi connectivity index (χ1) is 9.61. The fraction of sp³-hybridized carbons (Fsp3) is 0.0909. The van der Waals surface area contributed by atoms with Gasteiger partial charge in [-0.3, -0.25) is 4.79 Å². The molecule has 0 unspecified atom stereocenters. The normalized spacial score (nSPS) is 11.7. The van der Waals surface area contributed by atoms with Crippen LogP contribution in [-0.4, -0.2) is 14.7 Å².